The van der Waals surface area contributed by atoms with Gasteiger partial charge < -0.3 is 15.2 Å². The van der Waals surface area contributed by atoms with Crippen LogP contribution in [0.5, 0.6) is 17.4 Å². The van der Waals surface area contributed by atoms with E-state index in [-0.39, 0.29) is 11.8 Å². The number of nitrogens with zero attached hydrogens (tertiary/aromatic N) is 1. The molecule has 1 amide bonds. The Balaban J connectivity index is 1.47. The summed E-state index contributed by atoms with van der Waals surface area (Å²) in [5.74, 6) is 1.98. The van der Waals surface area contributed by atoms with Gasteiger partial charge in [-0.05, 0) is 48.1 Å². The Morgan fingerprint density at radius 3 is 2.34 bits per heavy atom. The molecule has 0 spiro atoms. The number of amides is 1. The third-order valence-corrected chi connectivity index (χ3v) is 4.58. The van der Waals surface area contributed by atoms with Crippen molar-refractivity contribution in [1.29, 1.82) is 0 Å². The van der Waals surface area contributed by atoms with Crippen LogP contribution in [-0.4, -0.2) is 10.9 Å². The van der Waals surface area contributed by atoms with E-state index >= 15 is 0 Å². The predicted octanol–water partition coefficient (Wildman–Crippen LogP) is 4.90. The molecule has 0 fully saturated rings. The minimum Gasteiger partial charge on any atom is -0.487 e. The summed E-state index contributed by atoms with van der Waals surface area (Å²) >= 11 is 0. The molecule has 0 saturated heterocycles. The molecule has 0 saturated carbocycles. The number of nitrogens with two attached hydrogens (primary N) is 1. The molecule has 5 nitrogen and oxygen atoms in total. The molecule has 3 aromatic rings. The molecule has 150 valence electrons. The Kier molecular flexibility index (Phi) is 7.22. The number of aryl methyl sites for hydroxylation is 1. The summed E-state index contributed by atoms with van der Waals surface area (Å²) in [4.78, 5) is 15.3. The lowest BCUT2D eigenvalue weighted by atomic mass is 9.98. The summed E-state index contributed by atoms with van der Waals surface area (Å²) in [6, 6.07) is 21.5. The van der Waals surface area contributed by atoms with Crippen LogP contribution in [0.1, 0.15) is 30.9 Å². The van der Waals surface area contributed by atoms with E-state index in [1.165, 1.54) is 5.56 Å². The average molecular weight is 390 g/mol. The van der Waals surface area contributed by atoms with Crippen LogP contribution in [0.3, 0.4) is 0 Å². The van der Waals surface area contributed by atoms with Gasteiger partial charge in [-0.2, -0.15) is 0 Å². The maximum Gasteiger partial charge on any atom is 0.219 e. The molecule has 2 N–H and O–H groups in total. The largest absolute Gasteiger partial charge is 0.487 e. The van der Waals surface area contributed by atoms with E-state index in [1.807, 2.05) is 67.6 Å². The number of hydrogen-bond acceptors (Lipinski definition) is 4. The van der Waals surface area contributed by atoms with Gasteiger partial charge in [-0.1, -0.05) is 49.4 Å². The molecule has 0 bridgehead atoms. The summed E-state index contributed by atoms with van der Waals surface area (Å²) in [7, 11) is 0. The third kappa shape index (κ3) is 6.96. The first kappa shape index (κ1) is 20.4. The number of rotatable bonds is 10. The van der Waals surface area contributed by atoms with E-state index in [2.05, 4.69) is 4.98 Å². The Morgan fingerprint density at radius 1 is 0.966 bits per heavy atom. The highest BCUT2D eigenvalue weighted by atomic mass is 16.5. The maximum absolute atomic E-state index is 11.0. The van der Waals surface area contributed by atoms with Crippen LogP contribution in [0, 0.1) is 5.92 Å². The minimum atomic E-state index is -0.245. The average Bonchev–Trinajstić information content (AvgIpc) is 2.73. The van der Waals surface area contributed by atoms with Crippen LogP contribution in [0.2, 0.25) is 0 Å². The second kappa shape index (κ2) is 10.3. The lowest BCUT2D eigenvalue weighted by Gasteiger charge is -2.10. The molecule has 1 atom stereocenters. The standard InChI is InChI=1S/C24H26N2O3/c1-18(15-23(25)27)7-8-19-9-11-21(12-10-19)29-24-14-13-22(16-26-24)28-17-20-5-3-2-4-6-20/h2-6,9-14,16,18H,7-8,15,17H2,1H3,(H2,25,27)/t18-/m1/s1. The molecule has 0 aliphatic heterocycles. The molecule has 29 heavy (non-hydrogen) atoms. The molecule has 1 aromatic heterocycles. The number of carbonyl (C=O) groups excluding carboxylic acids is 1. The van der Waals surface area contributed by atoms with Crippen molar-refractivity contribution in [3.8, 4) is 17.4 Å². The van der Waals surface area contributed by atoms with Crippen LogP contribution in [0.15, 0.2) is 72.9 Å². The van der Waals surface area contributed by atoms with Gasteiger partial charge >= 0.3 is 0 Å². The molecular formula is C24H26N2O3. The van der Waals surface area contributed by atoms with Crippen LogP contribution in [0.25, 0.3) is 0 Å². The fourth-order valence-corrected chi connectivity index (χ4v) is 2.96. The summed E-state index contributed by atoms with van der Waals surface area (Å²) in [5, 5.41) is 0. The number of hydrogen-bond donors (Lipinski definition) is 1. The highest BCUT2D eigenvalue weighted by Crippen LogP contribution is 2.23. The molecular weight excluding hydrogens is 364 g/mol. The summed E-state index contributed by atoms with van der Waals surface area (Å²) in [5.41, 5.74) is 7.55. The Labute approximate surface area is 171 Å². The normalized spacial score (nSPS) is 11.6. The Bertz CT molecular complexity index is 894. The van der Waals surface area contributed by atoms with E-state index in [9.17, 15) is 4.79 Å². The van der Waals surface area contributed by atoms with E-state index in [0.29, 0.717) is 24.7 Å². The van der Waals surface area contributed by atoms with Crippen molar-refractivity contribution in [1.82, 2.24) is 4.98 Å². The molecule has 5 heteroatoms. The summed E-state index contributed by atoms with van der Waals surface area (Å²) < 4.78 is 11.5. The fraction of sp³-hybridized carbons (Fsp3) is 0.250. The number of benzene rings is 2. The van der Waals surface area contributed by atoms with Crippen LogP contribution in [-0.2, 0) is 17.8 Å². The van der Waals surface area contributed by atoms with Gasteiger partial charge in [0.05, 0.1) is 6.20 Å². The van der Waals surface area contributed by atoms with Gasteiger partial charge in [0.25, 0.3) is 0 Å². The molecule has 0 aliphatic carbocycles. The second-order valence-corrected chi connectivity index (χ2v) is 7.17. The lowest BCUT2D eigenvalue weighted by molar-refractivity contribution is -0.118. The molecule has 0 unspecified atom stereocenters. The first-order valence-electron chi connectivity index (χ1n) is 9.76. The van der Waals surface area contributed by atoms with Gasteiger partial charge in [0.15, 0.2) is 0 Å². The van der Waals surface area contributed by atoms with Crippen molar-refractivity contribution < 1.29 is 14.3 Å². The zero-order valence-electron chi connectivity index (χ0n) is 16.6. The molecule has 0 radical (unpaired) electrons. The zero-order chi connectivity index (χ0) is 20.5. The van der Waals surface area contributed by atoms with Crippen molar-refractivity contribution in [2.24, 2.45) is 11.7 Å². The monoisotopic (exact) mass is 390 g/mol. The second-order valence-electron chi connectivity index (χ2n) is 7.17. The van der Waals surface area contributed by atoms with Crippen molar-refractivity contribution in [3.05, 3.63) is 84.1 Å². The third-order valence-electron chi connectivity index (χ3n) is 4.58. The summed E-state index contributed by atoms with van der Waals surface area (Å²) in [6.45, 7) is 2.55. The fourth-order valence-electron chi connectivity index (χ4n) is 2.96. The minimum absolute atomic E-state index is 0.245. The number of ether oxygens (including phenoxy) is 2. The van der Waals surface area contributed by atoms with Crippen molar-refractivity contribution in [3.63, 3.8) is 0 Å². The zero-order valence-corrected chi connectivity index (χ0v) is 16.6. The van der Waals surface area contributed by atoms with Crippen molar-refractivity contribution in [2.75, 3.05) is 0 Å². The maximum atomic E-state index is 11.0. The van der Waals surface area contributed by atoms with Gasteiger partial charge in [-0.3, -0.25) is 4.79 Å². The van der Waals surface area contributed by atoms with Gasteiger partial charge in [-0.25, -0.2) is 4.98 Å². The molecule has 3 rings (SSSR count). The molecule has 0 aliphatic rings. The highest BCUT2D eigenvalue weighted by Gasteiger charge is 2.07. The van der Waals surface area contributed by atoms with Crippen LogP contribution < -0.4 is 15.2 Å². The van der Waals surface area contributed by atoms with Gasteiger partial charge in [0.1, 0.15) is 18.1 Å². The first-order valence-corrected chi connectivity index (χ1v) is 9.76. The predicted molar refractivity (Wildman–Crippen MR) is 113 cm³/mol. The number of aromatic nitrogens is 1. The smallest absolute Gasteiger partial charge is 0.219 e. The van der Waals surface area contributed by atoms with Gasteiger partial charge in [-0.15, -0.1) is 0 Å². The topological polar surface area (TPSA) is 74.4 Å². The van der Waals surface area contributed by atoms with E-state index in [4.69, 9.17) is 15.2 Å². The first-order chi connectivity index (χ1) is 14.1. The van der Waals surface area contributed by atoms with Crippen molar-refractivity contribution in [2.45, 2.75) is 32.8 Å². The Morgan fingerprint density at radius 2 is 1.69 bits per heavy atom. The Hall–Kier alpha value is -3.34. The number of carbonyl (C=O) groups is 1. The quantitative estimate of drug-likeness (QED) is 0.534. The number of primary amides is 1. The van der Waals surface area contributed by atoms with E-state index < -0.39 is 0 Å². The molecule has 2 aromatic carbocycles. The lowest BCUT2D eigenvalue weighted by Crippen LogP contribution is -2.15. The number of pyridine rings is 1. The van der Waals surface area contributed by atoms with E-state index in [1.54, 1.807) is 12.3 Å². The van der Waals surface area contributed by atoms with Crippen molar-refractivity contribution >= 4 is 5.91 Å². The van der Waals surface area contributed by atoms with Gasteiger partial charge in [0, 0.05) is 12.5 Å². The van der Waals surface area contributed by atoms with E-state index in [0.717, 1.165) is 24.2 Å². The molecule has 1 heterocycles. The highest BCUT2D eigenvalue weighted by molar-refractivity contribution is 5.73. The SMILES string of the molecule is C[C@H](CCc1ccc(Oc2ccc(OCc3ccccc3)cn2)cc1)CC(N)=O. The van der Waals surface area contributed by atoms with Crippen LogP contribution >= 0.6 is 0 Å². The van der Waals surface area contributed by atoms with Gasteiger partial charge in [0.2, 0.25) is 11.8 Å². The summed E-state index contributed by atoms with van der Waals surface area (Å²) in [6.07, 6.45) is 3.92. The van der Waals surface area contributed by atoms with Crippen LogP contribution in [0.4, 0.5) is 0 Å².